The van der Waals surface area contributed by atoms with E-state index in [0.717, 1.165) is 49.5 Å². The standard InChI is InChI=1S/C21H26FN5O/c1-2-18-16-8-5-9-17(22)19(16)27(24-18)21-23-20(28-25-21)14-10-12-26(13-11-14)15-6-3-4-7-15/h5,8-9,14-15H,2-4,6-7,10-13H2,1H3. The van der Waals surface area contributed by atoms with Gasteiger partial charge in [-0.25, -0.2) is 4.39 Å². The van der Waals surface area contributed by atoms with Crippen LogP contribution in [0.2, 0.25) is 0 Å². The molecular weight excluding hydrogens is 357 g/mol. The molecule has 28 heavy (non-hydrogen) atoms. The lowest BCUT2D eigenvalue weighted by Gasteiger charge is -2.34. The zero-order valence-corrected chi connectivity index (χ0v) is 16.3. The van der Waals surface area contributed by atoms with Crippen molar-refractivity contribution < 1.29 is 8.91 Å². The summed E-state index contributed by atoms with van der Waals surface area (Å²) in [5.74, 6) is 0.930. The van der Waals surface area contributed by atoms with Crippen LogP contribution >= 0.6 is 0 Å². The molecule has 1 saturated carbocycles. The summed E-state index contributed by atoms with van der Waals surface area (Å²) < 4.78 is 21.6. The number of aryl methyl sites for hydroxylation is 1. The first-order valence-electron chi connectivity index (χ1n) is 10.5. The topological polar surface area (TPSA) is 60.0 Å². The van der Waals surface area contributed by atoms with Crippen molar-refractivity contribution in [2.24, 2.45) is 0 Å². The SMILES string of the molecule is CCc1nn(-c2noc(C3CCN(C4CCCC4)CC3)n2)c2c(F)cccc12. The van der Waals surface area contributed by atoms with Crippen LogP contribution in [0.5, 0.6) is 0 Å². The van der Waals surface area contributed by atoms with E-state index in [1.165, 1.54) is 36.4 Å². The zero-order valence-electron chi connectivity index (χ0n) is 16.3. The first-order valence-corrected chi connectivity index (χ1v) is 10.5. The summed E-state index contributed by atoms with van der Waals surface area (Å²) in [6.07, 6.45) is 8.20. The molecule has 0 unspecified atom stereocenters. The normalized spacial score (nSPS) is 19.8. The molecule has 1 aliphatic carbocycles. The molecule has 0 radical (unpaired) electrons. The van der Waals surface area contributed by atoms with Gasteiger partial charge in [0.2, 0.25) is 5.89 Å². The van der Waals surface area contributed by atoms with Crippen LogP contribution in [0.15, 0.2) is 22.7 Å². The van der Waals surface area contributed by atoms with Gasteiger partial charge in [-0.05, 0) is 56.4 Å². The molecule has 2 aromatic heterocycles. The zero-order chi connectivity index (χ0) is 19.1. The van der Waals surface area contributed by atoms with E-state index >= 15 is 0 Å². The van der Waals surface area contributed by atoms with Gasteiger partial charge < -0.3 is 9.42 Å². The number of hydrogen-bond acceptors (Lipinski definition) is 5. The molecule has 3 heterocycles. The van der Waals surface area contributed by atoms with Gasteiger partial charge in [-0.1, -0.05) is 31.9 Å². The number of piperidine rings is 1. The summed E-state index contributed by atoms with van der Waals surface area (Å²) in [7, 11) is 0. The van der Waals surface area contributed by atoms with Gasteiger partial charge in [0.25, 0.3) is 5.95 Å². The largest absolute Gasteiger partial charge is 0.337 e. The minimum absolute atomic E-state index is 0.274. The van der Waals surface area contributed by atoms with Gasteiger partial charge in [0, 0.05) is 17.3 Å². The highest BCUT2D eigenvalue weighted by Crippen LogP contribution is 2.32. The second-order valence-corrected chi connectivity index (χ2v) is 8.03. The third-order valence-electron chi connectivity index (χ3n) is 6.41. The smallest absolute Gasteiger partial charge is 0.291 e. The monoisotopic (exact) mass is 383 g/mol. The number of benzene rings is 1. The highest BCUT2D eigenvalue weighted by molar-refractivity contribution is 5.83. The van der Waals surface area contributed by atoms with Crippen LogP contribution in [-0.4, -0.2) is 44.0 Å². The minimum Gasteiger partial charge on any atom is -0.337 e. The molecule has 5 rings (SSSR count). The average molecular weight is 383 g/mol. The fraction of sp³-hybridized carbons (Fsp3) is 0.571. The maximum absolute atomic E-state index is 14.5. The van der Waals surface area contributed by atoms with E-state index in [4.69, 9.17) is 4.52 Å². The molecule has 0 bridgehead atoms. The van der Waals surface area contributed by atoms with Crippen molar-refractivity contribution in [1.82, 2.24) is 24.8 Å². The maximum Gasteiger partial charge on any atom is 0.291 e. The molecule has 2 fully saturated rings. The van der Waals surface area contributed by atoms with Crippen molar-refractivity contribution in [3.8, 4) is 5.95 Å². The lowest BCUT2D eigenvalue weighted by Crippen LogP contribution is -2.39. The Morgan fingerprint density at radius 1 is 1.14 bits per heavy atom. The third kappa shape index (κ3) is 3.02. The van der Waals surface area contributed by atoms with E-state index in [1.54, 1.807) is 6.07 Å². The van der Waals surface area contributed by atoms with Gasteiger partial charge in [0.15, 0.2) is 0 Å². The Balaban J connectivity index is 1.38. The molecule has 7 heteroatoms. The van der Waals surface area contributed by atoms with E-state index in [-0.39, 0.29) is 11.7 Å². The van der Waals surface area contributed by atoms with Crippen molar-refractivity contribution in [3.63, 3.8) is 0 Å². The second kappa shape index (κ2) is 7.28. The molecule has 0 spiro atoms. The Morgan fingerprint density at radius 2 is 1.93 bits per heavy atom. The summed E-state index contributed by atoms with van der Waals surface area (Å²) in [5, 5.41) is 9.48. The van der Waals surface area contributed by atoms with Crippen molar-refractivity contribution in [2.75, 3.05) is 13.1 Å². The highest BCUT2D eigenvalue weighted by atomic mass is 19.1. The number of rotatable bonds is 4. The van der Waals surface area contributed by atoms with Crippen LogP contribution in [0, 0.1) is 5.82 Å². The van der Waals surface area contributed by atoms with Gasteiger partial charge in [0.1, 0.15) is 11.3 Å². The molecule has 1 aromatic carbocycles. The van der Waals surface area contributed by atoms with Crippen LogP contribution in [0.3, 0.4) is 0 Å². The Bertz CT molecular complexity index is 966. The van der Waals surface area contributed by atoms with Gasteiger partial charge >= 0.3 is 0 Å². The molecular formula is C21H26FN5O. The lowest BCUT2D eigenvalue weighted by molar-refractivity contribution is 0.144. The van der Waals surface area contributed by atoms with E-state index in [2.05, 4.69) is 20.1 Å². The fourth-order valence-corrected chi connectivity index (χ4v) is 4.85. The molecule has 148 valence electrons. The van der Waals surface area contributed by atoms with Crippen molar-refractivity contribution in [3.05, 3.63) is 35.6 Å². The quantitative estimate of drug-likeness (QED) is 0.675. The van der Waals surface area contributed by atoms with Gasteiger partial charge in [-0.15, -0.1) is 0 Å². The minimum atomic E-state index is -0.319. The summed E-state index contributed by atoms with van der Waals surface area (Å²) in [5.41, 5.74) is 1.26. The summed E-state index contributed by atoms with van der Waals surface area (Å²) in [4.78, 5) is 7.23. The van der Waals surface area contributed by atoms with E-state index in [1.807, 2.05) is 13.0 Å². The predicted octanol–water partition coefficient (Wildman–Crippen LogP) is 4.23. The summed E-state index contributed by atoms with van der Waals surface area (Å²) in [6.45, 7) is 4.19. The molecule has 3 aromatic rings. The second-order valence-electron chi connectivity index (χ2n) is 8.03. The number of aromatic nitrogens is 4. The summed E-state index contributed by atoms with van der Waals surface area (Å²) in [6, 6.07) is 5.81. The molecule has 1 saturated heterocycles. The Kier molecular flexibility index (Phi) is 4.62. The highest BCUT2D eigenvalue weighted by Gasteiger charge is 2.30. The fourth-order valence-electron chi connectivity index (χ4n) is 4.85. The van der Waals surface area contributed by atoms with Crippen LogP contribution in [0.1, 0.15) is 63.0 Å². The number of fused-ring (bicyclic) bond motifs is 1. The lowest BCUT2D eigenvalue weighted by atomic mass is 9.95. The maximum atomic E-state index is 14.5. The average Bonchev–Trinajstić information content (AvgIpc) is 3.47. The van der Waals surface area contributed by atoms with Crippen molar-refractivity contribution >= 4 is 10.9 Å². The van der Waals surface area contributed by atoms with Crippen LogP contribution in [0.4, 0.5) is 4.39 Å². The van der Waals surface area contributed by atoms with Crippen LogP contribution < -0.4 is 0 Å². The van der Waals surface area contributed by atoms with E-state index in [0.29, 0.717) is 17.4 Å². The number of para-hydroxylation sites is 1. The van der Waals surface area contributed by atoms with Crippen LogP contribution in [-0.2, 0) is 6.42 Å². The van der Waals surface area contributed by atoms with Gasteiger partial charge in [-0.2, -0.15) is 14.8 Å². The van der Waals surface area contributed by atoms with Gasteiger partial charge in [-0.3, -0.25) is 0 Å². The van der Waals surface area contributed by atoms with E-state index in [9.17, 15) is 4.39 Å². The molecule has 0 amide bonds. The number of hydrogen-bond donors (Lipinski definition) is 0. The Hall–Kier alpha value is -2.28. The van der Waals surface area contributed by atoms with Crippen molar-refractivity contribution in [2.45, 2.75) is 63.8 Å². The number of likely N-dealkylation sites (tertiary alicyclic amines) is 1. The molecule has 0 atom stereocenters. The Morgan fingerprint density at radius 3 is 2.68 bits per heavy atom. The van der Waals surface area contributed by atoms with Gasteiger partial charge in [0.05, 0.1) is 5.69 Å². The predicted molar refractivity (Wildman–Crippen MR) is 104 cm³/mol. The first-order chi connectivity index (χ1) is 13.7. The molecule has 2 aliphatic rings. The summed E-state index contributed by atoms with van der Waals surface area (Å²) >= 11 is 0. The van der Waals surface area contributed by atoms with Crippen LogP contribution in [0.25, 0.3) is 16.9 Å². The van der Waals surface area contributed by atoms with Crippen molar-refractivity contribution in [1.29, 1.82) is 0 Å². The molecule has 0 N–H and O–H groups in total. The number of halogens is 1. The number of nitrogens with zero attached hydrogens (tertiary/aromatic N) is 5. The molecule has 6 nitrogen and oxygen atoms in total. The first kappa shape index (κ1) is 17.8. The van der Waals surface area contributed by atoms with E-state index < -0.39 is 0 Å². The Labute approximate surface area is 163 Å². The molecule has 1 aliphatic heterocycles. The third-order valence-corrected chi connectivity index (χ3v) is 6.41.